The Balaban J connectivity index is 1.12. The molecule has 11 heteroatoms. The van der Waals surface area contributed by atoms with E-state index in [0.29, 0.717) is 13.2 Å². The summed E-state index contributed by atoms with van der Waals surface area (Å²) in [5.41, 5.74) is 4.03. The highest BCUT2D eigenvalue weighted by atomic mass is 28.4. The highest BCUT2D eigenvalue weighted by molar-refractivity contribution is 6.99. The molecule has 0 N–H and O–H groups in total. The molecule has 6 aromatic rings. The first-order valence-corrected chi connectivity index (χ1v) is 27.2. The van der Waals surface area contributed by atoms with E-state index in [2.05, 4.69) is 100 Å². The molecule has 0 spiro atoms. The Kier molecular flexibility index (Phi) is 17.1. The van der Waals surface area contributed by atoms with Crippen molar-refractivity contribution >= 4 is 18.7 Å². The Morgan fingerprint density at radius 1 is 0.500 bits per heavy atom. The van der Waals surface area contributed by atoms with Gasteiger partial charge in [-0.25, -0.2) is 0 Å². The van der Waals surface area contributed by atoms with E-state index >= 15 is 0 Å². The molecule has 6 aromatic carbocycles. The van der Waals surface area contributed by atoms with E-state index in [0.717, 1.165) is 32.6 Å². The van der Waals surface area contributed by atoms with E-state index in [9.17, 15) is 0 Å². The fourth-order valence-corrected chi connectivity index (χ4v) is 14.9. The van der Waals surface area contributed by atoms with Gasteiger partial charge in [0.2, 0.25) is 0 Å². The van der Waals surface area contributed by atoms with Crippen LogP contribution in [0.15, 0.2) is 195 Å². The normalized spacial score (nSPS) is 26.2. The number of benzene rings is 6. The molecule has 0 amide bonds. The molecule has 3 heterocycles. The van der Waals surface area contributed by atoms with Gasteiger partial charge in [0.1, 0.15) is 54.9 Å². The van der Waals surface area contributed by atoms with Crippen LogP contribution in [0.25, 0.3) is 0 Å². The van der Waals surface area contributed by atoms with Crippen molar-refractivity contribution in [3.05, 3.63) is 217 Å². The minimum absolute atomic E-state index is 0.165. The Labute approximate surface area is 427 Å². The third kappa shape index (κ3) is 12.3. The van der Waals surface area contributed by atoms with E-state index in [-0.39, 0.29) is 31.5 Å². The molecular formula is C61H70O10Si. The standard InChI is InChI=1S/C61H70O10Si/c1-7-50-55-57(71-61(5,6)70-55)54(52(67-50)43-66-72(60(2,3)4,48-34-22-12-23-35-48)49-36-24-13-25-37-49)69-59-58(65-41-47-32-20-11-21-33-47)56(64-40-46-30-18-10-19-31-46)53(63-39-45-28-16-9-17-29-45)51(68-59)42-62-38-44-26-14-8-15-27-44/h7-37,50-59H,1,38-43H2,2-6H3/t50-,51+,52+,53+,54+,55+,56-,57-,58+,59+/m0/s1. The van der Waals surface area contributed by atoms with Gasteiger partial charge in [-0.1, -0.05) is 209 Å². The zero-order chi connectivity index (χ0) is 50.0. The highest BCUT2D eigenvalue weighted by Crippen LogP contribution is 2.43. The van der Waals surface area contributed by atoms with Gasteiger partial charge in [-0.2, -0.15) is 0 Å². The molecule has 10 nitrogen and oxygen atoms in total. The molecule has 0 aromatic heterocycles. The number of hydrogen-bond acceptors (Lipinski definition) is 10. The first kappa shape index (κ1) is 51.8. The first-order chi connectivity index (χ1) is 35.0. The number of hydrogen-bond donors (Lipinski definition) is 0. The minimum atomic E-state index is -3.07. The summed E-state index contributed by atoms with van der Waals surface area (Å²) in [4.78, 5) is 0. The van der Waals surface area contributed by atoms with E-state index in [1.54, 1.807) is 6.08 Å². The molecule has 3 saturated heterocycles. The average Bonchev–Trinajstić information content (AvgIpc) is 3.74. The summed E-state index contributed by atoms with van der Waals surface area (Å²) in [6.45, 7) is 16.4. The lowest BCUT2D eigenvalue weighted by Crippen LogP contribution is -2.68. The van der Waals surface area contributed by atoms with Gasteiger partial charge >= 0.3 is 0 Å². The van der Waals surface area contributed by atoms with Crippen LogP contribution in [-0.2, 0) is 73.5 Å². The maximum Gasteiger partial charge on any atom is 0.261 e. The second-order valence-corrected chi connectivity index (χ2v) is 24.6. The molecule has 72 heavy (non-hydrogen) atoms. The van der Waals surface area contributed by atoms with E-state index in [1.165, 1.54) is 0 Å². The number of ether oxygens (including phenoxy) is 9. The van der Waals surface area contributed by atoms with Crippen molar-refractivity contribution in [3.8, 4) is 0 Å². The van der Waals surface area contributed by atoms with Gasteiger partial charge in [0, 0.05) is 0 Å². The molecule has 0 bridgehead atoms. The fourth-order valence-electron chi connectivity index (χ4n) is 10.4. The van der Waals surface area contributed by atoms with Gasteiger partial charge in [-0.05, 0) is 51.5 Å². The summed E-state index contributed by atoms with van der Waals surface area (Å²) in [6.07, 6.45) is -5.31. The predicted octanol–water partition coefficient (Wildman–Crippen LogP) is 10.1. The van der Waals surface area contributed by atoms with E-state index < -0.39 is 75.3 Å². The Hall–Kier alpha value is -5.12. The molecule has 3 aliphatic heterocycles. The van der Waals surface area contributed by atoms with Gasteiger partial charge in [0.15, 0.2) is 12.1 Å². The fraction of sp³-hybridized carbons (Fsp3) is 0.377. The quantitative estimate of drug-likeness (QED) is 0.0513. The van der Waals surface area contributed by atoms with Crippen molar-refractivity contribution in [2.75, 3.05) is 13.2 Å². The van der Waals surface area contributed by atoms with Crippen LogP contribution >= 0.6 is 0 Å². The van der Waals surface area contributed by atoms with Crippen LogP contribution in [-0.4, -0.2) is 88.5 Å². The summed E-state index contributed by atoms with van der Waals surface area (Å²) in [5.74, 6) is -0.961. The minimum Gasteiger partial charge on any atom is -0.405 e. The van der Waals surface area contributed by atoms with Gasteiger partial charge < -0.3 is 47.1 Å². The second kappa shape index (κ2) is 23.8. The van der Waals surface area contributed by atoms with Gasteiger partial charge in [0.05, 0.1) is 39.6 Å². The lowest BCUT2D eigenvalue weighted by molar-refractivity contribution is -0.353. The first-order valence-electron chi connectivity index (χ1n) is 25.3. The van der Waals surface area contributed by atoms with Crippen molar-refractivity contribution in [3.63, 3.8) is 0 Å². The lowest BCUT2D eigenvalue weighted by atomic mass is 9.94. The summed E-state index contributed by atoms with van der Waals surface area (Å²) in [7, 11) is -3.07. The van der Waals surface area contributed by atoms with Crippen molar-refractivity contribution in [1.82, 2.24) is 0 Å². The molecular weight excluding hydrogens is 921 g/mol. The molecule has 0 saturated carbocycles. The van der Waals surface area contributed by atoms with E-state index in [1.807, 2.05) is 123 Å². The van der Waals surface area contributed by atoms with Gasteiger partial charge in [-0.15, -0.1) is 6.58 Å². The van der Waals surface area contributed by atoms with Crippen molar-refractivity contribution in [2.45, 2.75) is 133 Å². The molecule has 3 fully saturated rings. The second-order valence-electron chi connectivity index (χ2n) is 20.3. The maximum atomic E-state index is 7.63. The van der Waals surface area contributed by atoms with Crippen LogP contribution in [0.2, 0.25) is 5.04 Å². The smallest absolute Gasteiger partial charge is 0.261 e. The van der Waals surface area contributed by atoms with Crippen LogP contribution < -0.4 is 10.4 Å². The summed E-state index contributed by atoms with van der Waals surface area (Å²) in [5, 5.41) is 2.00. The average molecular weight is 991 g/mol. The van der Waals surface area contributed by atoms with Crippen LogP contribution in [0.1, 0.15) is 56.9 Å². The highest BCUT2D eigenvalue weighted by Gasteiger charge is 2.59. The largest absolute Gasteiger partial charge is 0.405 e. The molecule has 0 unspecified atom stereocenters. The number of rotatable bonds is 21. The number of fused-ring (bicyclic) bond motifs is 1. The third-order valence-corrected chi connectivity index (χ3v) is 18.8. The van der Waals surface area contributed by atoms with E-state index in [4.69, 9.17) is 47.1 Å². The van der Waals surface area contributed by atoms with Crippen molar-refractivity contribution < 1.29 is 47.1 Å². The third-order valence-electron chi connectivity index (χ3n) is 13.8. The summed E-state index contributed by atoms with van der Waals surface area (Å²) < 4.78 is 70.8. The Bertz CT molecular complexity index is 2510. The predicted molar refractivity (Wildman–Crippen MR) is 281 cm³/mol. The molecule has 3 aliphatic rings. The van der Waals surface area contributed by atoms with Crippen LogP contribution in [0.5, 0.6) is 0 Å². The molecule has 0 radical (unpaired) electrons. The zero-order valence-electron chi connectivity index (χ0n) is 42.2. The maximum absolute atomic E-state index is 7.63. The molecule has 9 rings (SSSR count). The van der Waals surface area contributed by atoms with Gasteiger partial charge in [0.25, 0.3) is 8.32 Å². The van der Waals surface area contributed by atoms with Gasteiger partial charge in [-0.3, -0.25) is 0 Å². The SMILES string of the molecule is C=C[C@@H]1O[C@H](CO[Si](c2ccccc2)(c2ccccc2)C(C)(C)C)[C@@H](O[C@H]2O[C@H](COCc3ccccc3)[C@@H](OCc3ccccc3)[C@H](OCc3ccccc3)[C@H]2OCc2ccccc2)[C@@H]2OC(C)(C)O[C@@H]21. The molecule has 10 atom stereocenters. The Morgan fingerprint density at radius 3 is 1.39 bits per heavy atom. The molecule has 378 valence electrons. The zero-order valence-corrected chi connectivity index (χ0v) is 43.2. The van der Waals surface area contributed by atoms with Crippen LogP contribution in [0.4, 0.5) is 0 Å². The Morgan fingerprint density at radius 2 is 0.917 bits per heavy atom. The monoisotopic (exact) mass is 990 g/mol. The van der Waals surface area contributed by atoms with Crippen molar-refractivity contribution in [2.24, 2.45) is 0 Å². The summed E-state index contributed by atoms with van der Waals surface area (Å²) in [6, 6.07) is 61.7. The topological polar surface area (TPSA) is 92.3 Å². The van der Waals surface area contributed by atoms with Crippen LogP contribution in [0.3, 0.4) is 0 Å². The van der Waals surface area contributed by atoms with Crippen LogP contribution in [0, 0.1) is 0 Å². The summed E-state index contributed by atoms with van der Waals surface area (Å²) >= 11 is 0. The molecule has 0 aliphatic carbocycles. The van der Waals surface area contributed by atoms with Crippen molar-refractivity contribution in [1.29, 1.82) is 0 Å². The lowest BCUT2D eigenvalue weighted by Gasteiger charge is -2.49.